The molecule has 1 fully saturated rings. The zero-order chi connectivity index (χ0) is 17.4. The molecule has 0 saturated carbocycles. The molecule has 24 heavy (non-hydrogen) atoms. The molecule has 2 heterocycles. The molecule has 1 aromatic heterocycles. The fourth-order valence-corrected chi connectivity index (χ4v) is 3.24. The molecule has 126 valence electrons. The van der Waals surface area contributed by atoms with Crippen molar-refractivity contribution in [3.63, 3.8) is 0 Å². The molecule has 0 spiro atoms. The van der Waals surface area contributed by atoms with Gasteiger partial charge in [0.25, 0.3) is 5.91 Å². The molecule has 6 heteroatoms. The summed E-state index contributed by atoms with van der Waals surface area (Å²) in [6, 6.07) is 9.42. The summed E-state index contributed by atoms with van der Waals surface area (Å²) in [5.41, 5.74) is 6.85. The number of amides is 2. The van der Waals surface area contributed by atoms with Crippen molar-refractivity contribution in [2.24, 2.45) is 17.6 Å². The normalized spacial score (nSPS) is 20.4. The molecule has 2 aromatic rings. The maximum atomic E-state index is 13.1. The Morgan fingerprint density at radius 1 is 1.25 bits per heavy atom. The van der Waals surface area contributed by atoms with Gasteiger partial charge in [-0.3, -0.25) is 9.59 Å². The minimum atomic E-state index is -0.341. The molecule has 0 bridgehead atoms. The van der Waals surface area contributed by atoms with Crippen LogP contribution >= 0.6 is 0 Å². The highest BCUT2D eigenvalue weighted by Crippen LogP contribution is 2.28. The molecular formula is C18H22N4O2. The second-order valence-electron chi connectivity index (χ2n) is 6.64. The first-order chi connectivity index (χ1) is 11.4. The minimum Gasteiger partial charge on any atom is -0.369 e. The Bertz CT molecular complexity index is 803. The van der Waals surface area contributed by atoms with E-state index in [4.69, 9.17) is 5.73 Å². The van der Waals surface area contributed by atoms with Gasteiger partial charge in [0.1, 0.15) is 5.82 Å². The molecule has 1 saturated heterocycles. The Kier molecular flexibility index (Phi) is 4.13. The van der Waals surface area contributed by atoms with Gasteiger partial charge in [-0.1, -0.05) is 25.1 Å². The standard InChI is InChI=1S/C18H22N4O2/c1-11-9-22(10-14(11)17(19)23)18(24)13-8-16(21(2)3)20-15-7-5-4-6-12(13)15/h4-8,11,14H,9-10H2,1-3H3,(H2,19,23)/t11-,14-/m1/s1. The zero-order valence-corrected chi connectivity index (χ0v) is 14.2. The number of fused-ring (bicyclic) bond motifs is 1. The summed E-state index contributed by atoms with van der Waals surface area (Å²) in [6.45, 7) is 2.88. The molecule has 2 N–H and O–H groups in total. The van der Waals surface area contributed by atoms with Crippen LogP contribution in [0.3, 0.4) is 0 Å². The van der Waals surface area contributed by atoms with Gasteiger partial charge in [0.2, 0.25) is 5.91 Å². The van der Waals surface area contributed by atoms with E-state index in [1.807, 2.05) is 56.3 Å². The van der Waals surface area contributed by atoms with Crippen LogP contribution in [0.5, 0.6) is 0 Å². The number of benzene rings is 1. The van der Waals surface area contributed by atoms with Crippen LogP contribution in [0.4, 0.5) is 5.82 Å². The summed E-state index contributed by atoms with van der Waals surface area (Å²) < 4.78 is 0. The Hall–Kier alpha value is -2.63. The van der Waals surface area contributed by atoms with Gasteiger partial charge in [-0.05, 0) is 18.1 Å². The Morgan fingerprint density at radius 2 is 1.96 bits per heavy atom. The van der Waals surface area contributed by atoms with Crippen LogP contribution in [0.1, 0.15) is 17.3 Å². The summed E-state index contributed by atoms with van der Waals surface area (Å²) in [4.78, 5) is 32.8. The van der Waals surface area contributed by atoms with E-state index in [2.05, 4.69) is 4.98 Å². The van der Waals surface area contributed by atoms with E-state index < -0.39 is 0 Å². The number of hydrogen-bond donors (Lipinski definition) is 1. The number of nitrogens with two attached hydrogens (primary N) is 1. The van der Waals surface area contributed by atoms with Crippen LogP contribution in [-0.2, 0) is 4.79 Å². The molecule has 6 nitrogen and oxygen atoms in total. The lowest BCUT2D eigenvalue weighted by Gasteiger charge is -2.19. The van der Waals surface area contributed by atoms with E-state index in [0.29, 0.717) is 18.7 Å². The van der Waals surface area contributed by atoms with E-state index in [1.165, 1.54) is 0 Å². The molecule has 0 unspecified atom stereocenters. The van der Waals surface area contributed by atoms with Crippen molar-refractivity contribution in [2.45, 2.75) is 6.92 Å². The summed E-state index contributed by atoms with van der Waals surface area (Å²) in [6.07, 6.45) is 0. The van der Waals surface area contributed by atoms with Crippen molar-refractivity contribution >= 4 is 28.5 Å². The van der Waals surface area contributed by atoms with Crippen molar-refractivity contribution < 1.29 is 9.59 Å². The van der Waals surface area contributed by atoms with Crippen molar-refractivity contribution in [2.75, 3.05) is 32.1 Å². The van der Waals surface area contributed by atoms with Crippen molar-refractivity contribution in [1.29, 1.82) is 0 Å². The molecule has 2 atom stereocenters. The van der Waals surface area contributed by atoms with E-state index in [1.54, 1.807) is 4.90 Å². The second-order valence-corrected chi connectivity index (χ2v) is 6.64. The lowest BCUT2D eigenvalue weighted by atomic mass is 9.98. The summed E-state index contributed by atoms with van der Waals surface area (Å²) in [5, 5.41) is 0.822. The summed E-state index contributed by atoms with van der Waals surface area (Å²) in [7, 11) is 3.79. The third kappa shape index (κ3) is 2.79. The largest absolute Gasteiger partial charge is 0.369 e. The molecule has 0 aliphatic carbocycles. The van der Waals surface area contributed by atoms with Crippen molar-refractivity contribution in [3.8, 4) is 0 Å². The predicted octanol–water partition coefficient (Wildman–Crippen LogP) is 1.49. The highest BCUT2D eigenvalue weighted by molar-refractivity contribution is 6.07. The maximum absolute atomic E-state index is 13.1. The van der Waals surface area contributed by atoms with Gasteiger partial charge in [0.15, 0.2) is 0 Å². The number of carbonyl (C=O) groups excluding carboxylic acids is 2. The Labute approximate surface area is 141 Å². The maximum Gasteiger partial charge on any atom is 0.254 e. The lowest BCUT2D eigenvalue weighted by molar-refractivity contribution is -0.122. The highest BCUT2D eigenvalue weighted by Gasteiger charge is 2.36. The van der Waals surface area contributed by atoms with Gasteiger partial charge >= 0.3 is 0 Å². The molecule has 0 radical (unpaired) electrons. The Morgan fingerprint density at radius 3 is 2.58 bits per heavy atom. The van der Waals surface area contributed by atoms with Crippen LogP contribution in [0.15, 0.2) is 30.3 Å². The average molecular weight is 326 g/mol. The van der Waals surface area contributed by atoms with Crippen LogP contribution in [-0.4, -0.2) is 48.9 Å². The first-order valence-corrected chi connectivity index (χ1v) is 8.04. The number of likely N-dealkylation sites (tertiary alicyclic amines) is 1. The molecule has 3 rings (SSSR count). The zero-order valence-electron chi connectivity index (χ0n) is 14.2. The monoisotopic (exact) mass is 326 g/mol. The van der Waals surface area contributed by atoms with Gasteiger partial charge in [0, 0.05) is 32.6 Å². The van der Waals surface area contributed by atoms with Gasteiger partial charge in [0.05, 0.1) is 17.0 Å². The number of rotatable bonds is 3. The number of aromatic nitrogens is 1. The molecule has 1 aliphatic heterocycles. The predicted molar refractivity (Wildman–Crippen MR) is 93.8 cm³/mol. The van der Waals surface area contributed by atoms with Crippen LogP contribution in [0.25, 0.3) is 10.9 Å². The fraction of sp³-hybridized carbons (Fsp3) is 0.389. The van der Waals surface area contributed by atoms with E-state index in [9.17, 15) is 9.59 Å². The number of pyridine rings is 1. The molecule has 1 aromatic carbocycles. The third-order valence-electron chi connectivity index (χ3n) is 4.66. The van der Waals surface area contributed by atoms with E-state index >= 15 is 0 Å². The van der Waals surface area contributed by atoms with Gasteiger partial charge in [-0.25, -0.2) is 4.98 Å². The molecular weight excluding hydrogens is 304 g/mol. The van der Waals surface area contributed by atoms with Crippen LogP contribution in [0.2, 0.25) is 0 Å². The SMILES string of the molecule is C[C@@H]1CN(C(=O)c2cc(N(C)C)nc3ccccc23)C[C@H]1C(N)=O. The van der Waals surface area contributed by atoms with Gasteiger partial charge in [-0.2, -0.15) is 0 Å². The quantitative estimate of drug-likeness (QED) is 0.927. The number of para-hydroxylation sites is 1. The van der Waals surface area contributed by atoms with Crippen LogP contribution in [0, 0.1) is 11.8 Å². The number of carbonyl (C=O) groups is 2. The molecule has 1 aliphatic rings. The second kappa shape index (κ2) is 6.11. The molecule has 2 amide bonds. The summed E-state index contributed by atoms with van der Waals surface area (Å²) in [5.74, 6) is 0.109. The van der Waals surface area contributed by atoms with Gasteiger partial charge in [-0.15, -0.1) is 0 Å². The average Bonchev–Trinajstić information content (AvgIpc) is 2.95. The third-order valence-corrected chi connectivity index (χ3v) is 4.66. The fourth-order valence-electron chi connectivity index (χ4n) is 3.24. The number of primary amides is 1. The number of anilines is 1. The van der Waals surface area contributed by atoms with Crippen molar-refractivity contribution in [3.05, 3.63) is 35.9 Å². The minimum absolute atomic E-state index is 0.0766. The first kappa shape index (κ1) is 16.2. The highest BCUT2D eigenvalue weighted by atomic mass is 16.2. The first-order valence-electron chi connectivity index (χ1n) is 8.04. The van der Waals surface area contributed by atoms with E-state index in [-0.39, 0.29) is 23.7 Å². The van der Waals surface area contributed by atoms with Gasteiger partial charge < -0.3 is 15.5 Å². The Balaban J connectivity index is 2.02. The van der Waals surface area contributed by atoms with E-state index in [0.717, 1.165) is 16.7 Å². The van der Waals surface area contributed by atoms with Crippen LogP contribution < -0.4 is 10.6 Å². The van der Waals surface area contributed by atoms with Crippen molar-refractivity contribution in [1.82, 2.24) is 9.88 Å². The lowest BCUT2D eigenvalue weighted by Crippen LogP contribution is -2.32. The topological polar surface area (TPSA) is 79.5 Å². The smallest absolute Gasteiger partial charge is 0.254 e. The number of nitrogens with zero attached hydrogens (tertiary/aromatic N) is 3. The summed E-state index contributed by atoms with van der Waals surface area (Å²) >= 11 is 0. The number of hydrogen-bond acceptors (Lipinski definition) is 4.